The van der Waals surface area contributed by atoms with Gasteiger partial charge in [0.25, 0.3) is 0 Å². The Balaban J connectivity index is 2.38. The van der Waals surface area contributed by atoms with Crippen molar-refractivity contribution in [2.45, 2.75) is 64.5 Å². The molecule has 1 fully saturated rings. The third kappa shape index (κ3) is 3.45. The molecule has 0 aromatic heterocycles. The molecule has 1 nitrogen and oxygen atoms in total. The van der Waals surface area contributed by atoms with E-state index < -0.39 is 0 Å². The molecule has 0 heterocycles. The summed E-state index contributed by atoms with van der Waals surface area (Å²) in [6, 6.07) is 1.17. The molecule has 1 rings (SSSR count). The first-order chi connectivity index (χ1) is 6.77. The lowest BCUT2D eigenvalue weighted by Gasteiger charge is -2.31. The number of hydrogen-bond acceptors (Lipinski definition) is 1. The fourth-order valence-corrected chi connectivity index (χ4v) is 2.53. The summed E-state index contributed by atoms with van der Waals surface area (Å²) in [5, 5.41) is 3.67. The van der Waals surface area contributed by atoms with E-state index in [0.29, 0.717) is 12.1 Å². The molecule has 0 saturated heterocycles. The highest BCUT2D eigenvalue weighted by Crippen LogP contribution is 2.27. The predicted molar refractivity (Wildman–Crippen MR) is 63.4 cm³/mol. The molecule has 1 heteroatoms. The molecule has 1 N–H and O–H groups in total. The monoisotopic (exact) mass is 195 g/mol. The maximum absolute atomic E-state index is 3.83. The maximum Gasteiger partial charge on any atom is 0.0221 e. The van der Waals surface area contributed by atoms with Gasteiger partial charge in [-0.2, -0.15) is 0 Å². The van der Waals surface area contributed by atoms with E-state index in [1.165, 1.54) is 38.5 Å². The summed E-state index contributed by atoms with van der Waals surface area (Å²) < 4.78 is 0. The fourth-order valence-electron chi connectivity index (χ4n) is 2.53. The Kier molecular flexibility index (Phi) is 5.24. The molecule has 0 aromatic carbocycles. The van der Waals surface area contributed by atoms with E-state index in [4.69, 9.17) is 0 Å². The van der Waals surface area contributed by atoms with E-state index in [0.717, 1.165) is 5.92 Å². The summed E-state index contributed by atoms with van der Waals surface area (Å²) in [4.78, 5) is 0. The van der Waals surface area contributed by atoms with Gasteiger partial charge in [-0.1, -0.05) is 32.3 Å². The van der Waals surface area contributed by atoms with Crippen molar-refractivity contribution >= 4 is 0 Å². The van der Waals surface area contributed by atoms with E-state index in [2.05, 4.69) is 25.7 Å². The highest BCUT2D eigenvalue weighted by atomic mass is 14.9. The van der Waals surface area contributed by atoms with Crippen LogP contribution in [0, 0.1) is 5.92 Å². The number of hydrogen-bond donors (Lipinski definition) is 1. The lowest BCUT2D eigenvalue weighted by molar-refractivity contribution is 0.257. The van der Waals surface area contributed by atoms with Gasteiger partial charge in [0.2, 0.25) is 0 Å². The largest absolute Gasteiger partial charge is 0.308 e. The summed E-state index contributed by atoms with van der Waals surface area (Å²) >= 11 is 0. The van der Waals surface area contributed by atoms with Gasteiger partial charge < -0.3 is 5.32 Å². The minimum Gasteiger partial charge on any atom is -0.308 e. The predicted octanol–water partition coefficient (Wildman–Crippen LogP) is 3.51. The van der Waals surface area contributed by atoms with Gasteiger partial charge in [-0.3, -0.25) is 0 Å². The Labute approximate surface area is 89.0 Å². The van der Waals surface area contributed by atoms with Crippen molar-refractivity contribution in [3.63, 3.8) is 0 Å². The standard InChI is InChI=1S/C13H25N/c1-4-11(3)14-13(5-2)12-9-7-6-8-10-12/h4,11-14H,1,5-10H2,2-3H3. The second-order valence-electron chi connectivity index (χ2n) is 4.60. The Bertz CT molecular complexity index is 159. The molecule has 14 heavy (non-hydrogen) atoms. The number of rotatable bonds is 5. The van der Waals surface area contributed by atoms with Crippen molar-refractivity contribution in [2.24, 2.45) is 5.92 Å². The molecule has 0 aromatic rings. The lowest BCUT2D eigenvalue weighted by atomic mass is 9.82. The molecule has 0 aliphatic heterocycles. The number of nitrogens with one attached hydrogen (secondary N) is 1. The highest BCUT2D eigenvalue weighted by Gasteiger charge is 2.22. The SMILES string of the molecule is C=CC(C)NC(CC)C1CCCCC1. The van der Waals surface area contributed by atoms with Gasteiger partial charge in [0.1, 0.15) is 0 Å². The highest BCUT2D eigenvalue weighted by molar-refractivity contribution is 4.87. The summed E-state index contributed by atoms with van der Waals surface area (Å²) in [5.74, 6) is 0.913. The van der Waals surface area contributed by atoms with Crippen LogP contribution in [0.1, 0.15) is 52.4 Å². The molecule has 0 spiro atoms. The third-order valence-electron chi connectivity index (χ3n) is 3.49. The van der Waals surface area contributed by atoms with Gasteiger partial charge in [0.15, 0.2) is 0 Å². The second-order valence-corrected chi connectivity index (χ2v) is 4.60. The normalized spacial score (nSPS) is 23.0. The molecule has 0 radical (unpaired) electrons. The fraction of sp³-hybridized carbons (Fsp3) is 0.846. The van der Waals surface area contributed by atoms with Crippen LogP contribution in [0.2, 0.25) is 0 Å². The van der Waals surface area contributed by atoms with Crippen LogP contribution in [0.4, 0.5) is 0 Å². The smallest absolute Gasteiger partial charge is 0.0221 e. The second kappa shape index (κ2) is 6.23. The Morgan fingerprint density at radius 3 is 2.50 bits per heavy atom. The average Bonchev–Trinajstić information content (AvgIpc) is 2.26. The zero-order valence-electron chi connectivity index (χ0n) is 9.76. The maximum atomic E-state index is 3.83. The van der Waals surface area contributed by atoms with Crippen LogP contribution in [0.3, 0.4) is 0 Å². The van der Waals surface area contributed by atoms with Crippen molar-refractivity contribution in [1.82, 2.24) is 5.32 Å². The topological polar surface area (TPSA) is 12.0 Å². The van der Waals surface area contributed by atoms with Crippen molar-refractivity contribution in [3.8, 4) is 0 Å². The van der Waals surface area contributed by atoms with Crippen LogP contribution in [-0.2, 0) is 0 Å². The molecule has 2 atom stereocenters. The first-order valence-electron chi connectivity index (χ1n) is 6.16. The van der Waals surface area contributed by atoms with Gasteiger partial charge in [-0.25, -0.2) is 0 Å². The zero-order valence-corrected chi connectivity index (χ0v) is 9.76. The molecule has 82 valence electrons. The van der Waals surface area contributed by atoms with Crippen LogP contribution in [0.15, 0.2) is 12.7 Å². The summed E-state index contributed by atoms with van der Waals surface area (Å²) in [7, 11) is 0. The molecule has 1 saturated carbocycles. The van der Waals surface area contributed by atoms with E-state index in [-0.39, 0.29) is 0 Å². The third-order valence-corrected chi connectivity index (χ3v) is 3.49. The van der Waals surface area contributed by atoms with Crippen LogP contribution in [0.5, 0.6) is 0 Å². The zero-order chi connectivity index (χ0) is 10.4. The first kappa shape index (κ1) is 11.8. The van der Waals surface area contributed by atoms with Crippen LogP contribution in [-0.4, -0.2) is 12.1 Å². The van der Waals surface area contributed by atoms with Gasteiger partial charge in [-0.15, -0.1) is 6.58 Å². The van der Waals surface area contributed by atoms with E-state index >= 15 is 0 Å². The quantitative estimate of drug-likeness (QED) is 0.662. The summed E-state index contributed by atoms with van der Waals surface area (Å²) in [6.07, 6.45) is 10.4. The molecule has 1 aliphatic rings. The minimum absolute atomic E-state index is 0.460. The van der Waals surface area contributed by atoms with Crippen LogP contribution < -0.4 is 5.32 Å². The Morgan fingerprint density at radius 2 is 2.00 bits per heavy atom. The molecular formula is C13H25N. The van der Waals surface area contributed by atoms with E-state index in [1.807, 2.05) is 6.08 Å². The van der Waals surface area contributed by atoms with Crippen LogP contribution in [0.25, 0.3) is 0 Å². The van der Waals surface area contributed by atoms with E-state index in [9.17, 15) is 0 Å². The van der Waals surface area contributed by atoms with Crippen molar-refractivity contribution in [3.05, 3.63) is 12.7 Å². The Hall–Kier alpha value is -0.300. The van der Waals surface area contributed by atoms with Crippen LogP contribution >= 0.6 is 0 Å². The minimum atomic E-state index is 0.460. The van der Waals surface area contributed by atoms with Crippen molar-refractivity contribution < 1.29 is 0 Å². The van der Waals surface area contributed by atoms with Gasteiger partial charge >= 0.3 is 0 Å². The average molecular weight is 195 g/mol. The van der Waals surface area contributed by atoms with Gasteiger partial charge in [-0.05, 0) is 32.1 Å². The lowest BCUT2D eigenvalue weighted by Crippen LogP contribution is -2.41. The molecule has 1 aliphatic carbocycles. The Morgan fingerprint density at radius 1 is 1.36 bits per heavy atom. The van der Waals surface area contributed by atoms with Crippen molar-refractivity contribution in [2.75, 3.05) is 0 Å². The summed E-state index contributed by atoms with van der Waals surface area (Å²) in [6.45, 7) is 8.32. The van der Waals surface area contributed by atoms with Gasteiger partial charge in [0, 0.05) is 12.1 Å². The molecular weight excluding hydrogens is 170 g/mol. The van der Waals surface area contributed by atoms with Crippen molar-refractivity contribution in [1.29, 1.82) is 0 Å². The van der Waals surface area contributed by atoms with E-state index in [1.54, 1.807) is 0 Å². The first-order valence-corrected chi connectivity index (χ1v) is 6.16. The molecule has 0 amide bonds. The molecule has 2 unspecified atom stereocenters. The molecule has 0 bridgehead atoms. The summed E-state index contributed by atoms with van der Waals surface area (Å²) in [5.41, 5.74) is 0. The van der Waals surface area contributed by atoms with Gasteiger partial charge in [0.05, 0.1) is 0 Å².